The molecule has 0 saturated heterocycles. The molecular weight excluding hydrogens is 226 g/mol. The average Bonchev–Trinajstić information content (AvgIpc) is 2.21. The van der Waals surface area contributed by atoms with E-state index in [1.165, 1.54) is 18.2 Å². The highest BCUT2D eigenvalue weighted by molar-refractivity contribution is 5.76. The number of rotatable bonds is 5. The Bertz CT molecular complexity index is 374. The molecule has 0 aliphatic heterocycles. The van der Waals surface area contributed by atoms with Gasteiger partial charge in [0.05, 0.1) is 0 Å². The molecule has 0 bridgehead atoms. The average molecular weight is 242 g/mol. The van der Waals surface area contributed by atoms with Gasteiger partial charge in [0, 0.05) is 19.0 Å². The number of para-hydroxylation sites is 1. The smallest absolute Gasteiger partial charge is 0.221 e. The molecule has 0 atom stereocenters. The minimum atomic E-state index is -0.658. The summed E-state index contributed by atoms with van der Waals surface area (Å²) in [6.07, 6.45) is 0.173. The van der Waals surface area contributed by atoms with Gasteiger partial charge in [-0.05, 0) is 26.0 Å². The fourth-order valence-corrected chi connectivity index (χ4v) is 1.36. The van der Waals surface area contributed by atoms with Crippen molar-refractivity contribution in [1.82, 2.24) is 5.32 Å². The Balaban J connectivity index is 2.43. The minimum absolute atomic E-state index is 0.0627. The number of carbonyl (C=O) groups excluding carboxylic acids is 1. The molecular formula is C12H16F2N2O. The van der Waals surface area contributed by atoms with E-state index in [4.69, 9.17) is 0 Å². The zero-order valence-electron chi connectivity index (χ0n) is 9.89. The van der Waals surface area contributed by atoms with Gasteiger partial charge in [0.25, 0.3) is 0 Å². The van der Waals surface area contributed by atoms with Gasteiger partial charge in [-0.15, -0.1) is 0 Å². The summed E-state index contributed by atoms with van der Waals surface area (Å²) in [5, 5.41) is 5.27. The van der Waals surface area contributed by atoms with Gasteiger partial charge in [0.2, 0.25) is 5.91 Å². The van der Waals surface area contributed by atoms with E-state index in [1.807, 2.05) is 13.8 Å². The van der Waals surface area contributed by atoms with Gasteiger partial charge >= 0.3 is 0 Å². The van der Waals surface area contributed by atoms with Crippen LogP contribution < -0.4 is 10.6 Å². The second-order valence-corrected chi connectivity index (χ2v) is 4.00. The number of anilines is 1. The highest BCUT2D eigenvalue weighted by Crippen LogP contribution is 2.17. The standard InChI is InChI=1S/C12H16F2N2O/c1-8(2)16-11(17)6-7-15-12-9(13)4-3-5-10(12)14/h3-5,8,15H,6-7H2,1-2H3,(H,16,17). The maximum Gasteiger partial charge on any atom is 0.221 e. The van der Waals surface area contributed by atoms with Crippen LogP contribution in [0.25, 0.3) is 0 Å². The Morgan fingerprint density at radius 1 is 1.29 bits per heavy atom. The molecule has 0 saturated carbocycles. The van der Waals surface area contributed by atoms with Crippen molar-refractivity contribution in [2.45, 2.75) is 26.3 Å². The number of hydrogen-bond donors (Lipinski definition) is 2. The molecule has 0 heterocycles. The largest absolute Gasteiger partial charge is 0.380 e. The lowest BCUT2D eigenvalue weighted by Gasteiger charge is -2.10. The molecule has 0 unspecified atom stereocenters. The second-order valence-electron chi connectivity index (χ2n) is 4.00. The van der Waals surface area contributed by atoms with Crippen molar-refractivity contribution in [1.29, 1.82) is 0 Å². The van der Waals surface area contributed by atoms with Crippen LogP contribution in [0.15, 0.2) is 18.2 Å². The van der Waals surface area contributed by atoms with Gasteiger partial charge in [-0.25, -0.2) is 8.78 Å². The van der Waals surface area contributed by atoms with Gasteiger partial charge in [0.1, 0.15) is 17.3 Å². The monoisotopic (exact) mass is 242 g/mol. The van der Waals surface area contributed by atoms with E-state index in [9.17, 15) is 13.6 Å². The normalized spacial score (nSPS) is 10.4. The number of amides is 1. The molecule has 1 rings (SSSR count). The number of halogens is 2. The minimum Gasteiger partial charge on any atom is -0.380 e. The summed E-state index contributed by atoms with van der Waals surface area (Å²) in [5.41, 5.74) is -0.190. The Morgan fingerprint density at radius 3 is 2.41 bits per heavy atom. The molecule has 94 valence electrons. The molecule has 1 amide bonds. The molecule has 5 heteroatoms. The first-order chi connectivity index (χ1) is 8.00. The molecule has 0 aliphatic rings. The molecule has 17 heavy (non-hydrogen) atoms. The topological polar surface area (TPSA) is 41.1 Å². The van der Waals surface area contributed by atoms with E-state index in [1.54, 1.807) is 0 Å². The van der Waals surface area contributed by atoms with Gasteiger partial charge in [0.15, 0.2) is 0 Å². The highest BCUT2D eigenvalue weighted by Gasteiger charge is 2.08. The predicted molar refractivity (Wildman–Crippen MR) is 62.7 cm³/mol. The third-order valence-corrected chi connectivity index (χ3v) is 2.07. The molecule has 0 radical (unpaired) electrons. The summed E-state index contributed by atoms with van der Waals surface area (Å²) < 4.78 is 26.4. The Kier molecular flexibility index (Phi) is 4.87. The maximum absolute atomic E-state index is 13.2. The van der Waals surface area contributed by atoms with E-state index in [2.05, 4.69) is 10.6 Å². The van der Waals surface area contributed by atoms with Crippen LogP contribution in [-0.4, -0.2) is 18.5 Å². The number of benzene rings is 1. The Hall–Kier alpha value is -1.65. The predicted octanol–water partition coefficient (Wildman–Crippen LogP) is 2.29. The lowest BCUT2D eigenvalue weighted by Crippen LogP contribution is -2.31. The van der Waals surface area contributed by atoms with Crippen molar-refractivity contribution in [2.24, 2.45) is 0 Å². The molecule has 0 aliphatic carbocycles. The third-order valence-electron chi connectivity index (χ3n) is 2.07. The molecule has 0 fully saturated rings. The summed E-state index contributed by atoms with van der Waals surface area (Å²) in [7, 11) is 0. The first kappa shape index (κ1) is 13.4. The van der Waals surface area contributed by atoms with Crippen LogP contribution in [-0.2, 0) is 4.79 Å². The van der Waals surface area contributed by atoms with Crippen LogP contribution in [0.1, 0.15) is 20.3 Å². The number of hydrogen-bond acceptors (Lipinski definition) is 2. The summed E-state index contributed by atoms with van der Waals surface area (Å²) in [5.74, 6) is -1.47. The Morgan fingerprint density at radius 2 is 1.88 bits per heavy atom. The molecule has 0 aromatic heterocycles. The quantitative estimate of drug-likeness (QED) is 0.831. The van der Waals surface area contributed by atoms with E-state index in [0.29, 0.717) is 0 Å². The zero-order chi connectivity index (χ0) is 12.8. The van der Waals surface area contributed by atoms with Crippen molar-refractivity contribution in [3.8, 4) is 0 Å². The number of carbonyl (C=O) groups is 1. The highest BCUT2D eigenvalue weighted by atomic mass is 19.1. The number of nitrogens with one attached hydrogen (secondary N) is 2. The van der Waals surface area contributed by atoms with Gasteiger partial charge in [-0.2, -0.15) is 0 Å². The van der Waals surface area contributed by atoms with Crippen molar-refractivity contribution in [3.63, 3.8) is 0 Å². The third kappa shape index (κ3) is 4.38. The summed E-state index contributed by atoms with van der Waals surface area (Å²) in [6, 6.07) is 3.69. The fraction of sp³-hybridized carbons (Fsp3) is 0.417. The van der Waals surface area contributed by atoms with Crippen molar-refractivity contribution in [3.05, 3.63) is 29.8 Å². The maximum atomic E-state index is 13.2. The van der Waals surface area contributed by atoms with Crippen molar-refractivity contribution < 1.29 is 13.6 Å². The van der Waals surface area contributed by atoms with Crippen LogP contribution in [0, 0.1) is 11.6 Å². The molecule has 3 nitrogen and oxygen atoms in total. The summed E-state index contributed by atoms with van der Waals surface area (Å²) >= 11 is 0. The van der Waals surface area contributed by atoms with E-state index in [0.717, 1.165) is 0 Å². The van der Waals surface area contributed by atoms with E-state index >= 15 is 0 Å². The fourth-order valence-electron chi connectivity index (χ4n) is 1.36. The molecule has 1 aromatic carbocycles. The van der Waals surface area contributed by atoms with Crippen LogP contribution >= 0.6 is 0 Å². The molecule has 2 N–H and O–H groups in total. The lowest BCUT2D eigenvalue weighted by atomic mass is 10.2. The van der Waals surface area contributed by atoms with Gasteiger partial charge in [-0.1, -0.05) is 6.07 Å². The first-order valence-electron chi connectivity index (χ1n) is 5.48. The zero-order valence-corrected chi connectivity index (χ0v) is 9.89. The lowest BCUT2D eigenvalue weighted by molar-refractivity contribution is -0.121. The second kappa shape index (κ2) is 6.18. The van der Waals surface area contributed by atoms with Crippen LogP contribution in [0.3, 0.4) is 0 Å². The Labute approximate surface area is 99.2 Å². The summed E-state index contributed by atoms with van der Waals surface area (Å²) in [4.78, 5) is 11.3. The van der Waals surface area contributed by atoms with Crippen molar-refractivity contribution in [2.75, 3.05) is 11.9 Å². The van der Waals surface area contributed by atoms with Crippen LogP contribution in [0.2, 0.25) is 0 Å². The molecule has 0 spiro atoms. The summed E-state index contributed by atoms with van der Waals surface area (Å²) in [6.45, 7) is 3.89. The van der Waals surface area contributed by atoms with Gasteiger partial charge in [-0.3, -0.25) is 4.79 Å². The van der Waals surface area contributed by atoms with E-state index < -0.39 is 11.6 Å². The van der Waals surface area contributed by atoms with E-state index in [-0.39, 0.29) is 30.6 Å². The van der Waals surface area contributed by atoms with Gasteiger partial charge < -0.3 is 10.6 Å². The van der Waals surface area contributed by atoms with Crippen molar-refractivity contribution >= 4 is 11.6 Å². The van der Waals surface area contributed by atoms with Crippen LogP contribution in [0.5, 0.6) is 0 Å². The van der Waals surface area contributed by atoms with Crippen LogP contribution in [0.4, 0.5) is 14.5 Å². The molecule has 1 aromatic rings. The first-order valence-corrected chi connectivity index (χ1v) is 5.48. The SMILES string of the molecule is CC(C)NC(=O)CCNc1c(F)cccc1F.